The zero-order chi connectivity index (χ0) is 22.9. The van der Waals surface area contributed by atoms with Gasteiger partial charge in [-0.2, -0.15) is 0 Å². The van der Waals surface area contributed by atoms with E-state index < -0.39 is 0 Å². The lowest BCUT2D eigenvalue weighted by Crippen LogP contribution is -2.14. The van der Waals surface area contributed by atoms with Crippen molar-refractivity contribution in [2.24, 2.45) is 0 Å². The molecular formula is C32H24IN. The maximum absolute atomic E-state index is 2.51. The molecule has 0 radical (unpaired) electrons. The molecule has 0 unspecified atom stereocenters. The predicted octanol–water partition coefficient (Wildman–Crippen LogP) is 8.81. The summed E-state index contributed by atoms with van der Waals surface area (Å²) >= 11 is 2.38. The lowest BCUT2D eigenvalue weighted by Gasteiger charge is -2.19. The quantitative estimate of drug-likeness (QED) is 0.203. The maximum atomic E-state index is 2.51. The Labute approximate surface area is 214 Å². The molecule has 0 amide bonds. The summed E-state index contributed by atoms with van der Waals surface area (Å²) < 4.78 is 1.26. The number of benzene rings is 5. The third-order valence-corrected chi connectivity index (χ3v) is 7.39. The minimum atomic E-state index is 0.903. The molecule has 1 heterocycles. The zero-order valence-electron chi connectivity index (χ0n) is 18.8. The fourth-order valence-corrected chi connectivity index (χ4v) is 5.42. The molecule has 1 aliphatic heterocycles. The van der Waals surface area contributed by atoms with Crippen molar-refractivity contribution in [3.8, 4) is 33.4 Å². The molecule has 0 N–H and O–H groups in total. The number of hydrogen-bond acceptors (Lipinski definition) is 1. The molecular weight excluding hydrogens is 525 g/mol. The van der Waals surface area contributed by atoms with Gasteiger partial charge in [-0.25, -0.2) is 0 Å². The molecule has 1 nitrogen and oxygen atoms in total. The number of hydrogen-bond donors (Lipinski definition) is 0. The molecule has 0 fully saturated rings. The minimum Gasteiger partial charge on any atom is -0.363 e. The molecule has 0 saturated heterocycles. The smallest absolute Gasteiger partial charge is 0.0443 e. The van der Waals surface area contributed by atoms with Gasteiger partial charge < -0.3 is 4.90 Å². The van der Waals surface area contributed by atoms with Gasteiger partial charge in [-0.05, 0) is 97.4 Å². The third-order valence-electron chi connectivity index (χ3n) is 6.67. The summed E-state index contributed by atoms with van der Waals surface area (Å²) in [5.41, 5.74) is 11.9. The Morgan fingerprint density at radius 2 is 1.00 bits per heavy atom. The average Bonchev–Trinajstić information content (AvgIpc) is 3.35. The summed E-state index contributed by atoms with van der Waals surface area (Å²) in [6.45, 7) is 1.82. The van der Waals surface area contributed by atoms with E-state index in [1.165, 1.54) is 53.8 Å². The van der Waals surface area contributed by atoms with E-state index in [0.29, 0.717) is 0 Å². The minimum absolute atomic E-state index is 0.903. The van der Waals surface area contributed by atoms with E-state index in [0.717, 1.165) is 13.1 Å². The van der Waals surface area contributed by atoms with Crippen LogP contribution in [0.1, 0.15) is 11.1 Å². The van der Waals surface area contributed by atoms with E-state index >= 15 is 0 Å². The Kier molecular flexibility index (Phi) is 5.68. The van der Waals surface area contributed by atoms with Crippen molar-refractivity contribution in [1.29, 1.82) is 0 Å². The van der Waals surface area contributed by atoms with Crippen molar-refractivity contribution in [2.75, 3.05) is 4.90 Å². The first-order valence-corrected chi connectivity index (χ1v) is 12.7. The molecule has 5 aromatic rings. The first-order valence-electron chi connectivity index (χ1n) is 11.6. The fraction of sp³-hybridized carbons (Fsp3) is 0.0625. The second-order valence-corrected chi connectivity index (χ2v) is 9.98. The number of fused-ring (bicyclic) bond motifs is 1. The number of halogens is 1. The molecule has 0 spiro atoms. The van der Waals surface area contributed by atoms with E-state index in [4.69, 9.17) is 0 Å². The Morgan fingerprint density at radius 1 is 0.500 bits per heavy atom. The van der Waals surface area contributed by atoms with Gasteiger partial charge in [-0.1, -0.05) is 91.0 Å². The first-order chi connectivity index (χ1) is 16.8. The molecule has 1 aliphatic rings. The van der Waals surface area contributed by atoms with Crippen LogP contribution < -0.4 is 4.90 Å². The van der Waals surface area contributed by atoms with Gasteiger partial charge in [0.1, 0.15) is 0 Å². The van der Waals surface area contributed by atoms with Crippen LogP contribution in [0.5, 0.6) is 0 Å². The Bertz CT molecular complexity index is 1430. The van der Waals surface area contributed by atoms with E-state index in [-0.39, 0.29) is 0 Å². The number of nitrogens with zero attached hydrogens (tertiary/aromatic N) is 1. The van der Waals surface area contributed by atoms with E-state index in [1.54, 1.807) is 0 Å². The van der Waals surface area contributed by atoms with Crippen molar-refractivity contribution in [3.63, 3.8) is 0 Å². The monoisotopic (exact) mass is 549 g/mol. The van der Waals surface area contributed by atoms with Crippen LogP contribution in [0.3, 0.4) is 0 Å². The zero-order valence-corrected chi connectivity index (χ0v) is 20.9. The normalized spacial score (nSPS) is 12.6. The molecule has 0 aromatic heterocycles. The van der Waals surface area contributed by atoms with Crippen molar-refractivity contribution in [1.82, 2.24) is 0 Å². The molecule has 0 saturated carbocycles. The van der Waals surface area contributed by atoms with Gasteiger partial charge in [0.2, 0.25) is 0 Å². The van der Waals surface area contributed by atoms with Crippen molar-refractivity contribution >= 4 is 28.3 Å². The van der Waals surface area contributed by atoms with Gasteiger partial charge in [0.15, 0.2) is 0 Å². The summed E-state index contributed by atoms with van der Waals surface area (Å²) in [5, 5.41) is 0. The topological polar surface area (TPSA) is 3.24 Å². The predicted molar refractivity (Wildman–Crippen MR) is 152 cm³/mol. The van der Waals surface area contributed by atoms with Crippen molar-refractivity contribution in [2.45, 2.75) is 13.1 Å². The van der Waals surface area contributed by atoms with Crippen LogP contribution in [0.25, 0.3) is 33.4 Å². The third kappa shape index (κ3) is 3.92. The highest BCUT2D eigenvalue weighted by molar-refractivity contribution is 14.1. The molecule has 164 valence electrons. The molecule has 0 aliphatic carbocycles. The van der Waals surface area contributed by atoms with Crippen LogP contribution in [0.15, 0.2) is 121 Å². The Balaban J connectivity index is 1.62. The summed E-state index contributed by atoms with van der Waals surface area (Å²) in [4.78, 5) is 2.51. The van der Waals surface area contributed by atoms with Crippen LogP contribution in [0.2, 0.25) is 0 Å². The van der Waals surface area contributed by atoms with Gasteiger partial charge in [0.25, 0.3) is 0 Å². The van der Waals surface area contributed by atoms with Crippen LogP contribution >= 0.6 is 22.6 Å². The molecule has 5 aromatic carbocycles. The standard InChI is InChI=1S/C32H24IN/c33-26-16-18-27(19-17-26)34-21-30-28(23-10-4-1-5-11-23)20-29(24-12-6-2-7-13-24)32(31(30)22-34)25-14-8-3-9-15-25/h1-20H,21-22H2. The molecule has 6 rings (SSSR count). The largest absolute Gasteiger partial charge is 0.363 e. The van der Waals surface area contributed by atoms with Gasteiger partial charge in [-0.3, -0.25) is 0 Å². The maximum Gasteiger partial charge on any atom is 0.0443 e. The van der Waals surface area contributed by atoms with Gasteiger partial charge in [0, 0.05) is 22.3 Å². The highest BCUT2D eigenvalue weighted by Gasteiger charge is 2.28. The number of anilines is 1. The summed E-state index contributed by atoms with van der Waals surface area (Å²) in [7, 11) is 0. The van der Waals surface area contributed by atoms with Gasteiger partial charge in [0.05, 0.1) is 0 Å². The van der Waals surface area contributed by atoms with Crippen LogP contribution in [0.4, 0.5) is 5.69 Å². The van der Waals surface area contributed by atoms with Gasteiger partial charge in [-0.15, -0.1) is 0 Å². The lowest BCUT2D eigenvalue weighted by molar-refractivity contribution is 0.881. The van der Waals surface area contributed by atoms with Crippen molar-refractivity contribution < 1.29 is 0 Å². The van der Waals surface area contributed by atoms with Crippen LogP contribution in [-0.2, 0) is 13.1 Å². The molecule has 2 heteroatoms. The molecule has 0 bridgehead atoms. The molecule has 34 heavy (non-hydrogen) atoms. The highest BCUT2D eigenvalue weighted by atomic mass is 127. The Morgan fingerprint density at radius 3 is 1.59 bits per heavy atom. The van der Waals surface area contributed by atoms with E-state index in [2.05, 4.69) is 149 Å². The second-order valence-electron chi connectivity index (χ2n) is 8.73. The van der Waals surface area contributed by atoms with Crippen LogP contribution in [0, 0.1) is 3.57 Å². The molecule has 0 atom stereocenters. The van der Waals surface area contributed by atoms with E-state index in [1.807, 2.05) is 0 Å². The average molecular weight is 549 g/mol. The Hall–Kier alpha value is -3.37. The number of rotatable bonds is 4. The van der Waals surface area contributed by atoms with Crippen molar-refractivity contribution in [3.05, 3.63) is 136 Å². The summed E-state index contributed by atoms with van der Waals surface area (Å²) in [6.07, 6.45) is 0. The highest BCUT2D eigenvalue weighted by Crippen LogP contribution is 2.45. The SMILES string of the molecule is Ic1ccc(N2Cc3c(-c4ccccc4)cc(-c4ccccc4)c(-c4ccccc4)c3C2)cc1. The van der Waals surface area contributed by atoms with E-state index in [9.17, 15) is 0 Å². The fourth-order valence-electron chi connectivity index (χ4n) is 5.06. The first kappa shape index (κ1) is 21.2. The summed E-state index contributed by atoms with van der Waals surface area (Å²) in [6, 6.07) is 43.9. The lowest BCUT2D eigenvalue weighted by atomic mass is 9.84. The summed E-state index contributed by atoms with van der Waals surface area (Å²) in [5.74, 6) is 0. The van der Waals surface area contributed by atoms with Crippen LogP contribution in [-0.4, -0.2) is 0 Å². The van der Waals surface area contributed by atoms with Gasteiger partial charge >= 0.3 is 0 Å². The second kappa shape index (κ2) is 9.11.